The average molecular weight is 209 g/mol. The van der Waals surface area contributed by atoms with Crippen molar-refractivity contribution in [2.75, 3.05) is 6.26 Å². The van der Waals surface area contributed by atoms with Crippen LogP contribution in [0.1, 0.15) is 0 Å². The van der Waals surface area contributed by atoms with E-state index in [0.29, 0.717) is 4.90 Å². The Bertz CT molecular complexity index is 581. The zero-order chi connectivity index (χ0) is 10.3. The number of sulfone groups is 1. The minimum Gasteiger partial charge on any atom is -0.351 e. The molecule has 3 nitrogen and oxygen atoms in total. The Balaban J connectivity index is 2.92. The van der Waals surface area contributed by atoms with E-state index in [1.54, 1.807) is 12.1 Å². The standard InChI is InChI=1S/C10H11NO2S/c1-11-7-6-8-9(11)4-3-5-10(8)14(2,12)13/h3-7H,1-2H3. The van der Waals surface area contributed by atoms with Crippen LogP contribution in [0.2, 0.25) is 0 Å². The van der Waals surface area contributed by atoms with Crippen LogP contribution >= 0.6 is 0 Å². The minimum absolute atomic E-state index is 0.399. The van der Waals surface area contributed by atoms with E-state index >= 15 is 0 Å². The third kappa shape index (κ3) is 1.32. The number of rotatable bonds is 1. The number of hydrogen-bond donors (Lipinski definition) is 0. The second-order valence-corrected chi connectivity index (χ2v) is 5.37. The van der Waals surface area contributed by atoms with Crippen LogP contribution < -0.4 is 0 Å². The Hall–Kier alpha value is -1.29. The van der Waals surface area contributed by atoms with Crippen molar-refractivity contribution in [1.82, 2.24) is 4.57 Å². The lowest BCUT2D eigenvalue weighted by molar-refractivity contribution is 0.602. The molecule has 14 heavy (non-hydrogen) atoms. The van der Waals surface area contributed by atoms with Gasteiger partial charge in [0.25, 0.3) is 0 Å². The molecule has 0 unspecified atom stereocenters. The van der Waals surface area contributed by atoms with E-state index in [1.807, 2.05) is 29.9 Å². The first-order valence-corrected chi connectivity index (χ1v) is 6.13. The van der Waals surface area contributed by atoms with Gasteiger partial charge in [-0.25, -0.2) is 8.42 Å². The summed E-state index contributed by atoms with van der Waals surface area (Å²) in [4.78, 5) is 0.399. The van der Waals surface area contributed by atoms with E-state index in [9.17, 15) is 8.42 Å². The number of aryl methyl sites for hydroxylation is 1. The number of aromatic nitrogens is 1. The first-order chi connectivity index (χ1) is 6.50. The van der Waals surface area contributed by atoms with Gasteiger partial charge in [-0.05, 0) is 18.2 Å². The minimum atomic E-state index is -3.13. The lowest BCUT2D eigenvalue weighted by Gasteiger charge is -2.01. The lowest BCUT2D eigenvalue weighted by atomic mass is 10.2. The smallest absolute Gasteiger partial charge is 0.176 e. The first kappa shape index (κ1) is 9.27. The molecule has 0 aliphatic carbocycles. The molecule has 1 aromatic carbocycles. The molecule has 0 aliphatic heterocycles. The van der Waals surface area contributed by atoms with Crippen molar-refractivity contribution in [3.63, 3.8) is 0 Å². The summed E-state index contributed by atoms with van der Waals surface area (Å²) in [6, 6.07) is 7.13. The maximum atomic E-state index is 11.4. The Morgan fingerprint density at radius 3 is 2.57 bits per heavy atom. The Morgan fingerprint density at radius 2 is 1.93 bits per heavy atom. The van der Waals surface area contributed by atoms with E-state index in [-0.39, 0.29) is 0 Å². The highest BCUT2D eigenvalue weighted by atomic mass is 32.2. The molecule has 0 saturated heterocycles. The van der Waals surface area contributed by atoms with Crippen molar-refractivity contribution in [2.45, 2.75) is 4.90 Å². The van der Waals surface area contributed by atoms with Gasteiger partial charge in [0.2, 0.25) is 0 Å². The molecular weight excluding hydrogens is 198 g/mol. The van der Waals surface area contributed by atoms with Crippen LogP contribution in [0.5, 0.6) is 0 Å². The number of hydrogen-bond acceptors (Lipinski definition) is 2. The van der Waals surface area contributed by atoms with E-state index in [2.05, 4.69) is 0 Å². The number of nitrogens with zero attached hydrogens (tertiary/aromatic N) is 1. The van der Waals surface area contributed by atoms with Crippen molar-refractivity contribution in [1.29, 1.82) is 0 Å². The molecule has 1 heterocycles. The van der Waals surface area contributed by atoms with Crippen LogP contribution in [0.15, 0.2) is 35.4 Å². The van der Waals surface area contributed by atoms with Crippen molar-refractivity contribution in [3.05, 3.63) is 30.5 Å². The third-order valence-corrected chi connectivity index (χ3v) is 3.44. The molecule has 0 radical (unpaired) electrons. The van der Waals surface area contributed by atoms with Gasteiger partial charge < -0.3 is 4.57 Å². The predicted molar refractivity (Wildman–Crippen MR) is 56.0 cm³/mol. The highest BCUT2D eigenvalue weighted by molar-refractivity contribution is 7.91. The van der Waals surface area contributed by atoms with Gasteiger partial charge in [0.15, 0.2) is 9.84 Å². The van der Waals surface area contributed by atoms with Gasteiger partial charge in [-0.1, -0.05) is 6.07 Å². The van der Waals surface area contributed by atoms with Crippen molar-refractivity contribution >= 4 is 20.7 Å². The van der Waals surface area contributed by atoms with Crippen LogP contribution in [0.25, 0.3) is 10.9 Å². The van der Waals surface area contributed by atoms with Crippen LogP contribution in [0.3, 0.4) is 0 Å². The van der Waals surface area contributed by atoms with Gasteiger partial charge in [-0.15, -0.1) is 0 Å². The summed E-state index contributed by atoms with van der Waals surface area (Å²) in [6.45, 7) is 0. The molecule has 0 bridgehead atoms. The molecule has 0 fully saturated rings. The fourth-order valence-electron chi connectivity index (χ4n) is 1.60. The van der Waals surface area contributed by atoms with Gasteiger partial charge in [-0.3, -0.25) is 0 Å². The SMILES string of the molecule is Cn1ccc2c(S(C)(=O)=O)cccc21. The van der Waals surface area contributed by atoms with Gasteiger partial charge in [0, 0.05) is 30.4 Å². The van der Waals surface area contributed by atoms with E-state index in [0.717, 1.165) is 10.9 Å². The largest absolute Gasteiger partial charge is 0.351 e. The van der Waals surface area contributed by atoms with Crippen LogP contribution in [0, 0.1) is 0 Å². The normalized spacial score (nSPS) is 12.1. The molecule has 1 aromatic heterocycles. The Labute approximate surface area is 82.9 Å². The molecular formula is C10H11NO2S. The summed E-state index contributed by atoms with van der Waals surface area (Å²) in [5.41, 5.74) is 0.938. The monoisotopic (exact) mass is 209 g/mol. The van der Waals surface area contributed by atoms with Gasteiger partial charge in [0.1, 0.15) is 0 Å². The maximum absolute atomic E-state index is 11.4. The molecule has 2 rings (SSSR count). The summed E-state index contributed by atoms with van der Waals surface area (Å²) in [5.74, 6) is 0. The second kappa shape index (κ2) is 2.85. The van der Waals surface area contributed by atoms with E-state index in [4.69, 9.17) is 0 Å². The second-order valence-electron chi connectivity index (χ2n) is 3.39. The maximum Gasteiger partial charge on any atom is 0.176 e. The fraction of sp³-hybridized carbons (Fsp3) is 0.200. The zero-order valence-electron chi connectivity index (χ0n) is 8.06. The predicted octanol–water partition coefficient (Wildman–Crippen LogP) is 1.58. The summed E-state index contributed by atoms with van der Waals surface area (Å²) < 4.78 is 24.8. The van der Waals surface area contributed by atoms with Gasteiger partial charge in [0.05, 0.1) is 4.90 Å². The molecule has 0 saturated carbocycles. The number of benzene rings is 1. The molecule has 2 aromatic rings. The molecule has 0 aliphatic rings. The summed E-state index contributed by atoms with van der Waals surface area (Å²) in [6.07, 6.45) is 3.09. The van der Waals surface area contributed by atoms with Crippen molar-refractivity contribution < 1.29 is 8.42 Å². The Kier molecular flexibility index (Phi) is 1.89. The highest BCUT2D eigenvalue weighted by Gasteiger charge is 2.12. The molecule has 0 atom stereocenters. The Morgan fingerprint density at radius 1 is 1.21 bits per heavy atom. The fourth-order valence-corrected chi connectivity index (χ4v) is 2.50. The average Bonchev–Trinajstić information content (AvgIpc) is 2.46. The lowest BCUT2D eigenvalue weighted by Crippen LogP contribution is -1.97. The number of fused-ring (bicyclic) bond motifs is 1. The molecule has 0 N–H and O–H groups in total. The van der Waals surface area contributed by atoms with Crippen molar-refractivity contribution in [2.24, 2.45) is 7.05 Å². The first-order valence-electron chi connectivity index (χ1n) is 4.24. The third-order valence-electron chi connectivity index (χ3n) is 2.29. The summed E-state index contributed by atoms with van der Waals surface area (Å²) in [5, 5.41) is 0.789. The van der Waals surface area contributed by atoms with Crippen LogP contribution in [-0.2, 0) is 16.9 Å². The molecule has 0 amide bonds. The summed E-state index contributed by atoms with van der Waals surface area (Å²) in [7, 11) is -1.23. The molecule has 4 heteroatoms. The van der Waals surface area contributed by atoms with Gasteiger partial charge >= 0.3 is 0 Å². The van der Waals surface area contributed by atoms with Crippen LogP contribution in [0.4, 0.5) is 0 Å². The van der Waals surface area contributed by atoms with Crippen LogP contribution in [-0.4, -0.2) is 19.2 Å². The van der Waals surface area contributed by atoms with Gasteiger partial charge in [-0.2, -0.15) is 0 Å². The van der Waals surface area contributed by atoms with E-state index < -0.39 is 9.84 Å². The highest BCUT2D eigenvalue weighted by Crippen LogP contribution is 2.23. The zero-order valence-corrected chi connectivity index (χ0v) is 8.88. The quantitative estimate of drug-likeness (QED) is 0.715. The summed E-state index contributed by atoms with van der Waals surface area (Å²) >= 11 is 0. The van der Waals surface area contributed by atoms with Crippen molar-refractivity contribution in [3.8, 4) is 0 Å². The molecule has 74 valence electrons. The molecule has 0 spiro atoms. The van der Waals surface area contributed by atoms with E-state index in [1.165, 1.54) is 6.26 Å². The topological polar surface area (TPSA) is 39.1 Å².